The number of aliphatic hydroxyl groups excluding tert-OH is 1. The van der Waals surface area contributed by atoms with Crippen molar-refractivity contribution >= 4 is 23.4 Å². The lowest BCUT2D eigenvalue weighted by atomic mass is 9.75. The predicted octanol–water partition coefficient (Wildman–Crippen LogP) is 6.91. The Kier molecular flexibility index (Phi) is 6.67. The number of hydrogen-bond acceptors (Lipinski definition) is 3. The van der Waals surface area contributed by atoms with Crippen molar-refractivity contribution in [1.29, 1.82) is 0 Å². The van der Waals surface area contributed by atoms with Crippen LogP contribution in [0.5, 0.6) is 0 Å². The van der Waals surface area contributed by atoms with Crippen molar-refractivity contribution < 1.29 is 14.2 Å². The lowest BCUT2D eigenvalue weighted by Crippen LogP contribution is -2.35. The second kappa shape index (κ2) is 9.28. The summed E-state index contributed by atoms with van der Waals surface area (Å²) >= 11 is 0. The summed E-state index contributed by atoms with van der Waals surface area (Å²) in [6.45, 7) is 6.66. The summed E-state index contributed by atoms with van der Waals surface area (Å²) in [5.74, 6) is 0.114. The third-order valence-corrected chi connectivity index (χ3v) is 9.31. The van der Waals surface area contributed by atoms with Crippen molar-refractivity contribution in [2.24, 2.45) is 17.8 Å². The van der Waals surface area contributed by atoms with Crippen LogP contribution < -0.4 is 5.30 Å². The second-order valence-corrected chi connectivity index (χ2v) is 11.8. The fourth-order valence-electron chi connectivity index (χ4n) is 4.90. The Hall–Kier alpha value is -1.93. The quantitative estimate of drug-likeness (QED) is 0.427. The molecule has 3 aromatic carbocycles. The molecule has 4 heteroatoms. The summed E-state index contributed by atoms with van der Waals surface area (Å²) in [4.78, 5) is 0. The van der Waals surface area contributed by atoms with Crippen LogP contribution in [0.25, 0.3) is 10.8 Å². The van der Waals surface area contributed by atoms with Crippen LogP contribution >= 0.6 is 7.37 Å². The van der Waals surface area contributed by atoms with Crippen molar-refractivity contribution in [3.8, 4) is 0 Å². The maximum absolute atomic E-state index is 14.5. The van der Waals surface area contributed by atoms with Gasteiger partial charge in [0, 0.05) is 5.30 Å². The molecule has 1 aliphatic carbocycles. The smallest absolute Gasteiger partial charge is 0.264 e. The van der Waals surface area contributed by atoms with Gasteiger partial charge in [0.2, 0.25) is 0 Å². The highest BCUT2D eigenvalue weighted by Gasteiger charge is 2.42. The van der Waals surface area contributed by atoms with Crippen LogP contribution in [0.2, 0.25) is 0 Å². The van der Waals surface area contributed by atoms with Crippen LogP contribution in [0.3, 0.4) is 0 Å². The van der Waals surface area contributed by atoms with E-state index in [1.54, 1.807) is 0 Å². The minimum Gasteiger partial charge on any atom is -0.378 e. The first-order valence-electron chi connectivity index (χ1n) is 11.4. The third kappa shape index (κ3) is 4.65. The molecule has 0 radical (unpaired) electrons. The number of benzene rings is 3. The van der Waals surface area contributed by atoms with Crippen LogP contribution in [0.15, 0.2) is 72.8 Å². The second-order valence-electron chi connectivity index (χ2n) is 9.38. The first kappa shape index (κ1) is 22.3. The van der Waals surface area contributed by atoms with E-state index in [0.717, 1.165) is 23.6 Å². The monoisotopic (exact) mass is 436 g/mol. The zero-order valence-electron chi connectivity index (χ0n) is 18.6. The molecule has 1 aliphatic rings. The van der Waals surface area contributed by atoms with Crippen LogP contribution in [0.1, 0.15) is 51.4 Å². The first-order chi connectivity index (χ1) is 14.9. The average molecular weight is 437 g/mol. The van der Waals surface area contributed by atoms with E-state index in [1.165, 1.54) is 6.42 Å². The van der Waals surface area contributed by atoms with Gasteiger partial charge in [-0.1, -0.05) is 81.8 Å². The van der Waals surface area contributed by atoms with Gasteiger partial charge in [-0.2, -0.15) is 0 Å². The maximum atomic E-state index is 14.5. The Morgan fingerprint density at radius 3 is 2.32 bits per heavy atom. The fraction of sp³-hybridized carbons (Fsp3) is 0.407. The zero-order valence-corrected chi connectivity index (χ0v) is 19.5. The molecule has 0 bridgehead atoms. The van der Waals surface area contributed by atoms with Gasteiger partial charge in [0.05, 0.1) is 6.10 Å². The molecule has 1 fully saturated rings. The Labute approximate surface area is 185 Å². The lowest BCUT2D eigenvalue weighted by Gasteiger charge is -2.39. The standard InChI is InChI=1S/C27H33O3P/c1-19(2)25-16-13-20(3)17-26(25)30-31(29,24-11-5-4-6-12-24)27(28)23-15-14-21-9-7-8-10-22(21)18-23/h4-12,14-15,18-20,25-28H,13,16-17H2,1-3H3/t20-,25+,26-,27?,31?/m1/s1. The van der Waals surface area contributed by atoms with Gasteiger partial charge in [-0.3, -0.25) is 4.57 Å². The Morgan fingerprint density at radius 1 is 0.935 bits per heavy atom. The molecule has 1 saturated carbocycles. The molecule has 0 heterocycles. The molecule has 3 nitrogen and oxygen atoms in total. The van der Waals surface area contributed by atoms with Crippen LogP contribution in [0, 0.1) is 17.8 Å². The van der Waals surface area contributed by atoms with Crippen LogP contribution in [0.4, 0.5) is 0 Å². The summed E-state index contributed by atoms with van der Waals surface area (Å²) in [7, 11) is -3.58. The first-order valence-corrected chi connectivity index (χ1v) is 13.1. The molecule has 0 spiro atoms. The normalized spacial score (nSPS) is 24.7. The molecule has 1 N–H and O–H groups in total. The average Bonchev–Trinajstić information content (AvgIpc) is 2.78. The summed E-state index contributed by atoms with van der Waals surface area (Å²) < 4.78 is 21.1. The third-order valence-electron chi connectivity index (χ3n) is 6.76. The van der Waals surface area contributed by atoms with E-state index in [4.69, 9.17) is 4.52 Å². The van der Waals surface area contributed by atoms with Gasteiger partial charge in [-0.15, -0.1) is 0 Å². The molecule has 0 aliphatic heterocycles. The highest BCUT2D eigenvalue weighted by atomic mass is 31.2. The number of aliphatic hydroxyl groups is 1. The molecule has 0 aromatic heterocycles. The predicted molar refractivity (Wildman–Crippen MR) is 129 cm³/mol. The van der Waals surface area contributed by atoms with E-state index in [1.807, 2.05) is 72.8 Å². The molecule has 0 amide bonds. The lowest BCUT2D eigenvalue weighted by molar-refractivity contribution is 0.0427. The van der Waals surface area contributed by atoms with Crippen molar-refractivity contribution in [2.45, 2.75) is 52.0 Å². The minimum absolute atomic E-state index is 0.120. The Bertz CT molecular complexity index is 1060. The van der Waals surface area contributed by atoms with Crippen LogP contribution in [-0.4, -0.2) is 11.2 Å². The van der Waals surface area contributed by atoms with Crippen LogP contribution in [-0.2, 0) is 9.09 Å². The van der Waals surface area contributed by atoms with Gasteiger partial charge in [0.25, 0.3) is 7.37 Å². The highest BCUT2D eigenvalue weighted by Crippen LogP contribution is 2.60. The van der Waals surface area contributed by atoms with Gasteiger partial charge in [-0.25, -0.2) is 0 Å². The molecule has 5 atom stereocenters. The van der Waals surface area contributed by atoms with Crippen molar-refractivity contribution in [3.63, 3.8) is 0 Å². The maximum Gasteiger partial charge on any atom is 0.264 e. The number of hydrogen-bond donors (Lipinski definition) is 1. The van der Waals surface area contributed by atoms with E-state index in [0.29, 0.717) is 28.6 Å². The van der Waals surface area contributed by atoms with Gasteiger partial charge in [0.1, 0.15) is 0 Å². The van der Waals surface area contributed by atoms with Gasteiger partial charge < -0.3 is 9.63 Å². The van der Waals surface area contributed by atoms with E-state index >= 15 is 0 Å². The van der Waals surface area contributed by atoms with Crippen molar-refractivity contribution in [3.05, 3.63) is 78.4 Å². The molecular weight excluding hydrogens is 403 g/mol. The largest absolute Gasteiger partial charge is 0.378 e. The zero-order chi connectivity index (χ0) is 22.0. The molecule has 31 heavy (non-hydrogen) atoms. The van der Waals surface area contributed by atoms with E-state index in [2.05, 4.69) is 20.8 Å². The Morgan fingerprint density at radius 2 is 1.61 bits per heavy atom. The molecule has 4 rings (SSSR count). The summed E-state index contributed by atoms with van der Waals surface area (Å²) in [5.41, 5.74) is 0.635. The Balaban J connectivity index is 1.74. The minimum atomic E-state index is -3.58. The summed E-state index contributed by atoms with van der Waals surface area (Å²) in [6.07, 6.45) is 3.00. The molecular formula is C27H33O3P. The van der Waals surface area contributed by atoms with Crippen molar-refractivity contribution in [2.75, 3.05) is 0 Å². The number of fused-ring (bicyclic) bond motifs is 1. The van der Waals surface area contributed by atoms with E-state index < -0.39 is 13.2 Å². The SMILES string of the molecule is CC(C)[C@@H]1CC[C@@H](C)C[C@H]1OP(=O)(c1ccccc1)C(O)c1ccc2ccccc2c1. The van der Waals surface area contributed by atoms with Crippen molar-refractivity contribution in [1.82, 2.24) is 0 Å². The molecule has 3 aromatic rings. The fourth-order valence-corrected chi connectivity index (χ4v) is 7.20. The molecule has 2 unspecified atom stereocenters. The number of rotatable bonds is 6. The summed E-state index contributed by atoms with van der Waals surface area (Å²) in [5, 5.41) is 14.2. The highest BCUT2D eigenvalue weighted by molar-refractivity contribution is 7.67. The molecule has 0 saturated heterocycles. The molecule has 164 valence electrons. The summed E-state index contributed by atoms with van der Waals surface area (Å²) in [6, 6.07) is 23.1. The topological polar surface area (TPSA) is 46.5 Å². The van der Waals surface area contributed by atoms with Gasteiger partial charge in [0.15, 0.2) is 5.85 Å². The van der Waals surface area contributed by atoms with E-state index in [9.17, 15) is 9.67 Å². The van der Waals surface area contributed by atoms with Gasteiger partial charge in [-0.05, 0) is 65.1 Å². The van der Waals surface area contributed by atoms with E-state index in [-0.39, 0.29) is 6.10 Å². The van der Waals surface area contributed by atoms with Gasteiger partial charge >= 0.3 is 0 Å².